The number of ketones is 1. The molecule has 120 valence electrons. The topological polar surface area (TPSA) is 17.1 Å². The maximum absolute atomic E-state index is 12.6. The number of hydrogen-bond acceptors (Lipinski definition) is 1. The van der Waals surface area contributed by atoms with Gasteiger partial charge < -0.3 is 0 Å². The molecule has 0 saturated carbocycles. The van der Waals surface area contributed by atoms with Crippen LogP contribution in [0.3, 0.4) is 0 Å². The summed E-state index contributed by atoms with van der Waals surface area (Å²) in [6.45, 7) is 16.5. The van der Waals surface area contributed by atoms with E-state index in [-0.39, 0.29) is 5.41 Å². The molecule has 0 aromatic rings. The smallest absolute Gasteiger partial charge is 0.142 e. The lowest BCUT2D eigenvalue weighted by molar-refractivity contribution is -0.126. The zero-order valence-electron chi connectivity index (χ0n) is 15.0. The van der Waals surface area contributed by atoms with E-state index in [9.17, 15) is 4.79 Å². The summed E-state index contributed by atoms with van der Waals surface area (Å²) in [6.07, 6.45) is 10.9. The third kappa shape index (κ3) is 8.70. The first-order valence-corrected chi connectivity index (χ1v) is 8.15. The summed E-state index contributed by atoms with van der Waals surface area (Å²) in [5.41, 5.74) is 2.28. The Morgan fingerprint density at radius 3 is 2.10 bits per heavy atom. The van der Waals surface area contributed by atoms with Gasteiger partial charge in [-0.3, -0.25) is 4.79 Å². The van der Waals surface area contributed by atoms with Crippen LogP contribution in [0.2, 0.25) is 0 Å². The molecular formula is C20H34O. The molecule has 0 fully saturated rings. The van der Waals surface area contributed by atoms with Gasteiger partial charge in [-0.15, -0.1) is 6.58 Å². The highest BCUT2D eigenvalue weighted by Crippen LogP contribution is 2.30. The van der Waals surface area contributed by atoms with Crippen molar-refractivity contribution in [1.29, 1.82) is 0 Å². The minimum Gasteiger partial charge on any atom is -0.299 e. The van der Waals surface area contributed by atoms with Crippen molar-refractivity contribution < 1.29 is 4.79 Å². The summed E-state index contributed by atoms with van der Waals surface area (Å²) in [5, 5.41) is 0. The van der Waals surface area contributed by atoms with Crippen molar-refractivity contribution >= 4 is 5.78 Å². The van der Waals surface area contributed by atoms with Crippen LogP contribution in [0.15, 0.2) is 36.0 Å². The molecule has 0 aliphatic carbocycles. The van der Waals surface area contributed by atoms with E-state index in [1.165, 1.54) is 11.1 Å². The van der Waals surface area contributed by atoms with Crippen LogP contribution in [0.4, 0.5) is 0 Å². The highest BCUT2D eigenvalue weighted by atomic mass is 16.1. The summed E-state index contributed by atoms with van der Waals surface area (Å²) < 4.78 is 0. The largest absolute Gasteiger partial charge is 0.299 e. The van der Waals surface area contributed by atoms with Gasteiger partial charge in [-0.2, -0.15) is 0 Å². The van der Waals surface area contributed by atoms with Crippen LogP contribution < -0.4 is 0 Å². The first kappa shape index (κ1) is 19.9. The second-order valence-corrected chi connectivity index (χ2v) is 7.03. The van der Waals surface area contributed by atoms with Crippen LogP contribution in [-0.2, 0) is 4.79 Å². The Morgan fingerprint density at radius 2 is 1.62 bits per heavy atom. The second kappa shape index (κ2) is 9.76. The quantitative estimate of drug-likeness (QED) is 0.433. The molecule has 0 aromatic carbocycles. The monoisotopic (exact) mass is 290 g/mol. The van der Waals surface area contributed by atoms with Gasteiger partial charge in [0.15, 0.2) is 0 Å². The van der Waals surface area contributed by atoms with Crippen molar-refractivity contribution in [3.63, 3.8) is 0 Å². The third-order valence-electron chi connectivity index (χ3n) is 4.05. The molecule has 0 bridgehead atoms. The van der Waals surface area contributed by atoms with Crippen LogP contribution in [0.5, 0.6) is 0 Å². The Balaban J connectivity index is 4.46. The molecule has 1 nitrogen and oxygen atoms in total. The number of carbonyl (C=O) groups is 1. The van der Waals surface area contributed by atoms with Crippen molar-refractivity contribution in [2.24, 2.45) is 11.3 Å². The maximum atomic E-state index is 12.6. The van der Waals surface area contributed by atoms with Crippen LogP contribution in [-0.4, -0.2) is 5.78 Å². The Bertz CT molecular complexity index is 392. The SMILES string of the molecule is C=CC(C)(CCC=C(C)C)C(=O)CC(C)CCC=C(C)C. The van der Waals surface area contributed by atoms with Gasteiger partial charge in [0, 0.05) is 11.8 Å². The molecule has 0 aliphatic heterocycles. The van der Waals surface area contributed by atoms with Crippen LogP contribution in [0, 0.1) is 11.3 Å². The highest BCUT2D eigenvalue weighted by Gasteiger charge is 2.29. The van der Waals surface area contributed by atoms with Gasteiger partial charge >= 0.3 is 0 Å². The summed E-state index contributed by atoms with van der Waals surface area (Å²) in [4.78, 5) is 12.6. The fourth-order valence-corrected chi connectivity index (χ4v) is 2.32. The number of carbonyl (C=O) groups excluding carboxylic acids is 1. The molecular weight excluding hydrogens is 256 g/mol. The maximum Gasteiger partial charge on any atom is 0.142 e. The Morgan fingerprint density at radius 1 is 1.10 bits per heavy atom. The molecule has 1 heteroatoms. The van der Waals surface area contributed by atoms with Gasteiger partial charge in [0.1, 0.15) is 5.78 Å². The molecule has 21 heavy (non-hydrogen) atoms. The van der Waals surface area contributed by atoms with E-state index >= 15 is 0 Å². The predicted octanol–water partition coefficient (Wildman–Crippen LogP) is 6.27. The fraction of sp³-hybridized carbons (Fsp3) is 0.650. The Hall–Kier alpha value is -1.11. The molecule has 0 heterocycles. The van der Waals surface area contributed by atoms with Gasteiger partial charge in [-0.05, 0) is 66.2 Å². The summed E-state index contributed by atoms with van der Waals surface area (Å²) >= 11 is 0. The Kier molecular flexibility index (Phi) is 9.24. The van der Waals surface area contributed by atoms with E-state index in [1.807, 2.05) is 13.0 Å². The predicted molar refractivity (Wildman–Crippen MR) is 94.4 cm³/mol. The molecule has 0 aliphatic rings. The minimum atomic E-state index is -0.378. The molecule has 2 atom stereocenters. The average Bonchev–Trinajstić information content (AvgIpc) is 2.37. The molecule has 2 unspecified atom stereocenters. The van der Waals surface area contributed by atoms with Crippen LogP contribution >= 0.6 is 0 Å². The standard InChI is InChI=1S/C20H34O/c1-8-20(7,14-10-12-17(4)5)19(21)15-18(6)13-9-11-16(2)3/h8,11-12,18H,1,9-10,13-15H2,2-7H3. The molecule has 0 amide bonds. The average molecular weight is 290 g/mol. The van der Waals surface area contributed by atoms with E-state index in [0.717, 1.165) is 25.7 Å². The molecule has 0 N–H and O–H groups in total. The van der Waals surface area contributed by atoms with Crippen molar-refractivity contribution in [2.75, 3.05) is 0 Å². The van der Waals surface area contributed by atoms with E-state index in [1.54, 1.807) is 0 Å². The van der Waals surface area contributed by atoms with Gasteiger partial charge in [-0.25, -0.2) is 0 Å². The van der Waals surface area contributed by atoms with E-state index in [4.69, 9.17) is 0 Å². The lowest BCUT2D eigenvalue weighted by Crippen LogP contribution is -2.26. The van der Waals surface area contributed by atoms with Crippen LogP contribution in [0.25, 0.3) is 0 Å². The molecule has 0 spiro atoms. The normalized spacial score (nSPS) is 14.8. The fourth-order valence-electron chi connectivity index (χ4n) is 2.32. The third-order valence-corrected chi connectivity index (χ3v) is 4.05. The number of hydrogen-bond donors (Lipinski definition) is 0. The van der Waals surface area contributed by atoms with Gasteiger partial charge in [0.05, 0.1) is 0 Å². The van der Waals surface area contributed by atoms with Gasteiger partial charge in [-0.1, -0.05) is 36.3 Å². The van der Waals surface area contributed by atoms with Crippen molar-refractivity contribution in [1.82, 2.24) is 0 Å². The Labute approximate surface area is 132 Å². The molecule has 0 radical (unpaired) electrons. The van der Waals surface area contributed by atoms with E-state index in [0.29, 0.717) is 18.1 Å². The van der Waals surface area contributed by atoms with E-state index < -0.39 is 0 Å². The van der Waals surface area contributed by atoms with Crippen molar-refractivity contribution in [3.8, 4) is 0 Å². The first-order valence-electron chi connectivity index (χ1n) is 8.15. The van der Waals surface area contributed by atoms with Gasteiger partial charge in [0.2, 0.25) is 0 Å². The molecule has 0 rings (SSSR count). The van der Waals surface area contributed by atoms with E-state index in [2.05, 4.69) is 53.3 Å². The number of Topliss-reactive ketones (excluding diaryl/α,β-unsaturated/α-hetero) is 1. The molecule has 0 aromatic heterocycles. The zero-order chi connectivity index (χ0) is 16.5. The number of allylic oxidation sites excluding steroid dienone is 5. The first-order chi connectivity index (χ1) is 9.71. The van der Waals surface area contributed by atoms with Crippen molar-refractivity contribution in [3.05, 3.63) is 36.0 Å². The molecule has 0 saturated heterocycles. The zero-order valence-corrected chi connectivity index (χ0v) is 15.0. The number of rotatable bonds is 10. The summed E-state index contributed by atoms with van der Waals surface area (Å²) in [6, 6.07) is 0. The summed E-state index contributed by atoms with van der Waals surface area (Å²) in [7, 11) is 0. The lowest BCUT2D eigenvalue weighted by Gasteiger charge is -2.25. The second-order valence-electron chi connectivity index (χ2n) is 7.03. The highest BCUT2D eigenvalue weighted by molar-refractivity contribution is 5.86. The van der Waals surface area contributed by atoms with Gasteiger partial charge in [0.25, 0.3) is 0 Å². The van der Waals surface area contributed by atoms with Crippen molar-refractivity contribution in [2.45, 2.75) is 73.6 Å². The van der Waals surface area contributed by atoms with Crippen LogP contribution in [0.1, 0.15) is 73.6 Å². The summed E-state index contributed by atoms with van der Waals surface area (Å²) in [5.74, 6) is 0.778. The minimum absolute atomic E-state index is 0.337. The lowest BCUT2D eigenvalue weighted by atomic mass is 9.77.